The second kappa shape index (κ2) is 5.21. The van der Waals surface area contributed by atoms with Gasteiger partial charge in [0.05, 0.1) is 0 Å². The largest absolute Gasteiger partial charge is 0.480 e. The van der Waals surface area contributed by atoms with E-state index in [0.29, 0.717) is 6.04 Å². The third-order valence-electron chi connectivity index (χ3n) is 3.44. The van der Waals surface area contributed by atoms with Crippen molar-refractivity contribution in [3.63, 3.8) is 0 Å². The first kappa shape index (κ1) is 12.0. The maximum atomic E-state index is 11.0. The third kappa shape index (κ3) is 2.99. The van der Waals surface area contributed by atoms with Crippen LogP contribution in [0.1, 0.15) is 31.2 Å². The fourth-order valence-electron chi connectivity index (χ4n) is 2.53. The maximum absolute atomic E-state index is 11.0. The van der Waals surface area contributed by atoms with Crippen LogP contribution in [-0.4, -0.2) is 23.7 Å². The molecule has 0 spiro atoms. The zero-order chi connectivity index (χ0) is 12.3. The van der Waals surface area contributed by atoms with E-state index in [0.717, 1.165) is 18.5 Å². The van der Waals surface area contributed by atoms with Crippen LogP contribution in [0.5, 0.6) is 0 Å². The van der Waals surface area contributed by atoms with Gasteiger partial charge in [-0.15, -0.1) is 0 Å². The van der Waals surface area contributed by atoms with Crippen LogP contribution in [0.25, 0.3) is 0 Å². The van der Waals surface area contributed by atoms with Crippen LogP contribution in [0.2, 0.25) is 0 Å². The number of rotatable bonds is 4. The molecule has 0 bridgehead atoms. The number of aryl methyl sites for hydroxylation is 1. The molecular weight excluding hydrogens is 214 g/mol. The number of carboxylic acid groups (broad SMARTS) is 1. The predicted octanol–water partition coefficient (Wildman–Crippen LogP) is 2.83. The second-order valence-electron chi connectivity index (χ2n) is 4.80. The van der Waals surface area contributed by atoms with E-state index in [1.165, 1.54) is 18.4 Å². The molecule has 2 rings (SSSR count). The minimum absolute atomic E-state index is 0.105. The van der Waals surface area contributed by atoms with Gasteiger partial charge in [-0.1, -0.05) is 30.5 Å². The van der Waals surface area contributed by atoms with Crippen molar-refractivity contribution in [2.45, 2.75) is 38.6 Å². The van der Waals surface area contributed by atoms with Crippen molar-refractivity contribution in [3.05, 3.63) is 29.8 Å². The topological polar surface area (TPSA) is 40.5 Å². The van der Waals surface area contributed by atoms with Crippen LogP contribution in [0.15, 0.2) is 24.3 Å². The molecule has 17 heavy (non-hydrogen) atoms. The number of aliphatic carboxylic acids is 1. The molecule has 0 amide bonds. The van der Waals surface area contributed by atoms with Gasteiger partial charge in [0.15, 0.2) is 0 Å². The lowest BCUT2D eigenvalue weighted by atomic mass is 10.1. The summed E-state index contributed by atoms with van der Waals surface area (Å²) in [7, 11) is 0. The van der Waals surface area contributed by atoms with Crippen LogP contribution >= 0.6 is 0 Å². The van der Waals surface area contributed by atoms with E-state index < -0.39 is 5.97 Å². The van der Waals surface area contributed by atoms with Crippen LogP contribution in [-0.2, 0) is 4.79 Å². The highest BCUT2D eigenvalue weighted by Crippen LogP contribution is 2.28. The van der Waals surface area contributed by atoms with Crippen LogP contribution in [0, 0.1) is 6.92 Å². The maximum Gasteiger partial charge on any atom is 0.323 e. The van der Waals surface area contributed by atoms with Gasteiger partial charge in [-0.25, -0.2) is 0 Å². The smallest absolute Gasteiger partial charge is 0.323 e. The van der Waals surface area contributed by atoms with E-state index >= 15 is 0 Å². The first-order valence-corrected chi connectivity index (χ1v) is 6.22. The molecule has 3 nitrogen and oxygen atoms in total. The molecule has 1 fully saturated rings. The monoisotopic (exact) mass is 233 g/mol. The highest BCUT2D eigenvalue weighted by molar-refractivity contribution is 5.74. The lowest BCUT2D eigenvalue weighted by Crippen LogP contribution is -2.37. The fraction of sp³-hybridized carbons (Fsp3) is 0.500. The summed E-state index contributed by atoms with van der Waals surface area (Å²) in [6.45, 7) is 2.15. The summed E-state index contributed by atoms with van der Waals surface area (Å²) in [4.78, 5) is 13.0. The van der Waals surface area contributed by atoms with Crippen LogP contribution in [0.4, 0.5) is 5.69 Å². The summed E-state index contributed by atoms with van der Waals surface area (Å²) in [5.41, 5.74) is 2.24. The molecule has 3 heteroatoms. The lowest BCUT2D eigenvalue weighted by molar-refractivity contribution is -0.135. The molecule has 1 aliphatic rings. The Balaban J connectivity index is 2.19. The zero-order valence-electron chi connectivity index (χ0n) is 10.2. The van der Waals surface area contributed by atoms with Crippen molar-refractivity contribution in [2.75, 3.05) is 11.4 Å². The number of carboxylic acids is 1. The summed E-state index contributed by atoms with van der Waals surface area (Å²) in [5, 5.41) is 9.02. The Labute approximate surface area is 102 Å². The summed E-state index contributed by atoms with van der Waals surface area (Å²) < 4.78 is 0. The van der Waals surface area contributed by atoms with Gasteiger partial charge in [0, 0.05) is 11.7 Å². The molecule has 1 aromatic carbocycles. The minimum atomic E-state index is -0.752. The number of carbonyl (C=O) groups is 1. The van der Waals surface area contributed by atoms with Crippen molar-refractivity contribution in [1.29, 1.82) is 0 Å². The fourth-order valence-corrected chi connectivity index (χ4v) is 2.53. The number of benzene rings is 1. The Morgan fingerprint density at radius 2 is 1.88 bits per heavy atom. The van der Waals surface area contributed by atoms with Gasteiger partial charge in [-0.05, 0) is 31.9 Å². The normalized spacial score (nSPS) is 16.1. The molecule has 92 valence electrons. The van der Waals surface area contributed by atoms with E-state index in [9.17, 15) is 4.79 Å². The standard InChI is InChI=1S/C14H19NO2/c1-11-6-8-13(9-7-11)15(10-14(16)17)12-4-2-3-5-12/h6-9,12H,2-5,10H2,1H3,(H,16,17). The van der Waals surface area contributed by atoms with Gasteiger partial charge in [0.2, 0.25) is 0 Å². The zero-order valence-corrected chi connectivity index (χ0v) is 10.2. The van der Waals surface area contributed by atoms with Crippen LogP contribution < -0.4 is 4.90 Å². The summed E-state index contributed by atoms with van der Waals surface area (Å²) in [5.74, 6) is -0.752. The quantitative estimate of drug-likeness (QED) is 0.869. The Morgan fingerprint density at radius 3 is 2.41 bits per heavy atom. The number of anilines is 1. The molecular formula is C14H19NO2. The van der Waals surface area contributed by atoms with Crippen molar-refractivity contribution < 1.29 is 9.90 Å². The molecule has 1 saturated carbocycles. The van der Waals surface area contributed by atoms with Crippen molar-refractivity contribution in [1.82, 2.24) is 0 Å². The second-order valence-corrected chi connectivity index (χ2v) is 4.80. The van der Waals surface area contributed by atoms with E-state index in [1.807, 2.05) is 36.1 Å². The first-order valence-electron chi connectivity index (χ1n) is 6.22. The average Bonchev–Trinajstić information content (AvgIpc) is 2.80. The SMILES string of the molecule is Cc1ccc(N(CC(=O)O)C2CCCC2)cc1. The van der Waals surface area contributed by atoms with E-state index in [2.05, 4.69) is 0 Å². The Hall–Kier alpha value is -1.51. The predicted molar refractivity (Wildman–Crippen MR) is 68.4 cm³/mol. The molecule has 0 atom stereocenters. The Kier molecular flexibility index (Phi) is 3.67. The third-order valence-corrected chi connectivity index (χ3v) is 3.44. The van der Waals surface area contributed by atoms with E-state index in [1.54, 1.807) is 0 Å². The highest BCUT2D eigenvalue weighted by atomic mass is 16.4. The average molecular weight is 233 g/mol. The van der Waals surface area contributed by atoms with Crippen LogP contribution in [0.3, 0.4) is 0 Å². The van der Waals surface area contributed by atoms with Crippen molar-refractivity contribution in [3.8, 4) is 0 Å². The van der Waals surface area contributed by atoms with Crippen molar-refractivity contribution in [2.24, 2.45) is 0 Å². The Bertz CT molecular complexity index is 380. The lowest BCUT2D eigenvalue weighted by Gasteiger charge is -2.29. The van der Waals surface area contributed by atoms with E-state index in [4.69, 9.17) is 5.11 Å². The van der Waals surface area contributed by atoms with Gasteiger partial charge >= 0.3 is 5.97 Å². The minimum Gasteiger partial charge on any atom is -0.480 e. The summed E-state index contributed by atoms with van der Waals surface area (Å²) in [6.07, 6.45) is 4.65. The molecule has 0 unspecified atom stereocenters. The summed E-state index contributed by atoms with van der Waals surface area (Å²) in [6, 6.07) is 8.53. The number of nitrogens with zero attached hydrogens (tertiary/aromatic N) is 1. The van der Waals surface area contributed by atoms with E-state index in [-0.39, 0.29) is 6.54 Å². The van der Waals surface area contributed by atoms with Gasteiger partial charge in [-0.2, -0.15) is 0 Å². The molecule has 0 radical (unpaired) electrons. The molecule has 1 N–H and O–H groups in total. The molecule has 1 aliphatic carbocycles. The molecule has 1 aromatic rings. The molecule has 0 aliphatic heterocycles. The Morgan fingerprint density at radius 1 is 1.29 bits per heavy atom. The molecule has 0 aromatic heterocycles. The molecule has 0 heterocycles. The van der Waals surface area contributed by atoms with Gasteiger partial charge in [-0.3, -0.25) is 4.79 Å². The van der Waals surface area contributed by atoms with Gasteiger partial charge in [0.1, 0.15) is 6.54 Å². The number of hydrogen-bond acceptors (Lipinski definition) is 2. The summed E-state index contributed by atoms with van der Waals surface area (Å²) >= 11 is 0. The highest BCUT2D eigenvalue weighted by Gasteiger charge is 2.24. The van der Waals surface area contributed by atoms with Gasteiger partial charge in [0.25, 0.3) is 0 Å². The van der Waals surface area contributed by atoms with Gasteiger partial charge < -0.3 is 10.0 Å². The number of hydrogen-bond donors (Lipinski definition) is 1. The van der Waals surface area contributed by atoms with Crippen molar-refractivity contribution >= 4 is 11.7 Å². The first-order chi connectivity index (χ1) is 8.16. The molecule has 0 saturated heterocycles.